The third kappa shape index (κ3) is 4.22. The molecule has 2 aliphatic carbocycles. The van der Waals surface area contributed by atoms with Gasteiger partial charge in [0.1, 0.15) is 11.6 Å². The number of allylic oxidation sites excluding steroid dienone is 3. The van der Waals surface area contributed by atoms with E-state index in [1.165, 1.54) is 25.7 Å². The van der Waals surface area contributed by atoms with Gasteiger partial charge < -0.3 is 0 Å². The van der Waals surface area contributed by atoms with Crippen molar-refractivity contribution in [2.75, 3.05) is 0 Å². The maximum Gasteiger partial charge on any atom is 0.129 e. The molecule has 1 aromatic carbocycles. The predicted molar refractivity (Wildman–Crippen MR) is 101 cm³/mol. The molecule has 0 spiro atoms. The molecule has 2 saturated carbocycles. The van der Waals surface area contributed by atoms with E-state index in [4.69, 9.17) is 0 Å². The molecule has 0 radical (unpaired) electrons. The summed E-state index contributed by atoms with van der Waals surface area (Å²) < 4.78 is 28.8. The van der Waals surface area contributed by atoms with E-state index in [2.05, 4.69) is 25.7 Å². The maximum atomic E-state index is 14.4. The van der Waals surface area contributed by atoms with Gasteiger partial charge in [0.2, 0.25) is 0 Å². The summed E-state index contributed by atoms with van der Waals surface area (Å²) in [6.07, 6.45) is 14.4. The molecule has 2 fully saturated rings. The van der Waals surface area contributed by atoms with Crippen LogP contribution in [0.25, 0.3) is 0 Å². The lowest BCUT2D eigenvalue weighted by Gasteiger charge is -2.42. The van der Waals surface area contributed by atoms with Gasteiger partial charge in [0, 0.05) is 5.56 Å². The van der Waals surface area contributed by atoms with Crippen molar-refractivity contribution in [3.05, 3.63) is 59.7 Å². The minimum atomic E-state index is -0.379. The van der Waals surface area contributed by atoms with Crippen LogP contribution in [-0.2, 0) is 6.42 Å². The summed E-state index contributed by atoms with van der Waals surface area (Å²) in [7, 11) is 0. The molecule has 2 heteroatoms. The lowest BCUT2D eigenvalue weighted by Crippen LogP contribution is -2.30. The predicted octanol–water partition coefficient (Wildman–Crippen LogP) is 6.96. The van der Waals surface area contributed by atoms with Gasteiger partial charge in [-0.05, 0) is 99.7 Å². The SMILES string of the molecule is C=CCCc1c(F)cc(C2CCC3CC(C=CC)CCC3C2)cc1F. The number of fused-ring (bicyclic) bond motifs is 1. The highest BCUT2D eigenvalue weighted by molar-refractivity contribution is 5.29. The van der Waals surface area contributed by atoms with E-state index in [0.717, 1.165) is 36.2 Å². The van der Waals surface area contributed by atoms with Gasteiger partial charge in [-0.1, -0.05) is 18.2 Å². The second kappa shape index (κ2) is 8.29. The van der Waals surface area contributed by atoms with E-state index in [0.29, 0.717) is 18.8 Å². The van der Waals surface area contributed by atoms with Crippen molar-refractivity contribution in [1.29, 1.82) is 0 Å². The summed E-state index contributed by atoms with van der Waals surface area (Å²) in [4.78, 5) is 0. The van der Waals surface area contributed by atoms with Crippen LogP contribution in [0.3, 0.4) is 0 Å². The molecule has 0 aromatic heterocycles. The first-order chi connectivity index (χ1) is 12.1. The van der Waals surface area contributed by atoms with Gasteiger partial charge in [-0.2, -0.15) is 0 Å². The van der Waals surface area contributed by atoms with Crippen LogP contribution in [0.4, 0.5) is 8.78 Å². The summed E-state index contributed by atoms with van der Waals surface area (Å²) in [6.45, 7) is 5.73. The molecule has 2 aliphatic rings. The van der Waals surface area contributed by atoms with Crippen LogP contribution in [0.15, 0.2) is 36.9 Å². The Hall–Kier alpha value is -1.44. The Kier molecular flexibility index (Phi) is 6.09. The van der Waals surface area contributed by atoms with E-state index in [1.807, 2.05) is 0 Å². The molecule has 0 saturated heterocycles. The second-order valence-corrected chi connectivity index (χ2v) is 7.92. The molecule has 1 aromatic rings. The largest absolute Gasteiger partial charge is 0.207 e. The van der Waals surface area contributed by atoms with Gasteiger partial charge in [-0.15, -0.1) is 6.58 Å². The average molecular weight is 344 g/mol. The molecule has 0 aliphatic heterocycles. The molecular weight excluding hydrogens is 314 g/mol. The molecule has 25 heavy (non-hydrogen) atoms. The number of rotatable bonds is 5. The van der Waals surface area contributed by atoms with E-state index in [-0.39, 0.29) is 17.2 Å². The zero-order chi connectivity index (χ0) is 17.8. The van der Waals surface area contributed by atoms with Crippen LogP contribution >= 0.6 is 0 Å². The summed E-state index contributed by atoms with van der Waals surface area (Å²) in [6, 6.07) is 3.19. The van der Waals surface area contributed by atoms with Crippen LogP contribution in [-0.4, -0.2) is 0 Å². The topological polar surface area (TPSA) is 0 Å². The van der Waals surface area contributed by atoms with Crippen LogP contribution in [0.2, 0.25) is 0 Å². The summed E-state index contributed by atoms with van der Waals surface area (Å²) in [5, 5.41) is 0. The highest BCUT2D eigenvalue weighted by Gasteiger charge is 2.35. The Labute approximate surface area is 151 Å². The average Bonchev–Trinajstić information content (AvgIpc) is 2.61. The van der Waals surface area contributed by atoms with Crippen LogP contribution < -0.4 is 0 Å². The van der Waals surface area contributed by atoms with Crippen LogP contribution in [0, 0.1) is 29.4 Å². The number of hydrogen-bond donors (Lipinski definition) is 0. The molecule has 4 unspecified atom stereocenters. The Morgan fingerprint density at radius 2 is 1.72 bits per heavy atom. The van der Waals surface area contributed by atoms with Crippen molar-refractivity contribution in [2.45, 2.75) is 64.2 Å². The summed E-state index contributed by atoms with van der Waals surface area (Å²) >= 11 is 0. The molecule has 0 nitrogen and oxygen atoms in total. The van der Waals surface area contributed by atoms with Crippen molar-refractivity contribution < 1.29 is 8.78 Å². The van der Waals surface area contributed by atoms with E-state index in [9.17, 15) is 8.78 Å². The van der Waals surface area contributed by atoms with Crippen LogP contribution in [0.1, 0.15) is 68.9 Å². The normalized spacial score (nSPS) is 29.6. The van der Waals surface area contributed by atoms with Gasteiger partial charge >= 0.3 is 0 Å². The number of benzene rings is 1. The first-order valence-electron chi connectivity index (χ1n) is 9.83. The van der Waals surface area contributed by atoms with Crippen molar-refractivity contribution in [3.8, 4) is 0 Å². The quantitative estimate of drug-likeness (QED) is 0.506. The van der Waals surface area contributed by atoms with Gasteiger partial charge in [0.25, 0.3) is 0 Å². The molecule has 0 amide bonds. The number of halogens is 2. The maximum absolute atomic E-state index is 14.4. The molecule has 0 bridgehead atoms. The molecule has 3 rings (SSSR count). The first-order valence-corrected chi connectivity index (χ1v) is 9.83. The Balaban J connectivity index is 1.69. The molecule has 4 atom stereocenters. The summed E-state index contributed by atoms with van der Waals surface area (Å²) in [5.74, 6) is 1.82. The second-order valence-electron chi connectivity index (χ2n) is 7.92. The lowest BCUT2D eigenvalue weighted by molar-refractivity contribution is 0.133. The van der Waals surface area contributed by atoms with Crippen molar-refractivity contribution in [1.82, 2.24) is 0 Å². The minimum absolute atomic E-state index is 0.212. The highest BCUT2D eigenvalue weighted by Crippen LogP contribution is 2.48. The van der Waals surface area contributed by atoms with Gasteiger partial charge in [0.05, 0.1) is 0 Å². The van der Waals surface area contributed by atoms with E-state index < -0.39 is 0 Å². The zero-order valence-corrected chi connectivity index (χ0v) is 15.3. The van der Waals surface area contributed by atoms with Crippen molar-refractivity contribution in [3.63, 3.8) is 0 Å². The Morgan fingerprint density at radius 3 is 2.40 bits per heavy atom. The van der Waals surface area contributed by atoms with E-state index >= 15 is 0 Å². The highest BCUT2D eigenvalue weighted by atomic mass is 19.1. The number of hydrogen-bond acceptors (Lipinski definition) is 0. The third-order valence-corrected chi connectivity index (χ3v) is 6.35. The minimum Gasteiger partial charge on any atom is -0.207 e. The van der Waals surface area contributed by atoms with E-state index in [1.54, 1.807) is 18.2 Å². The fourth-order valence-electron chi connectivity index (χ4n) is 5.02. The van der Waals surface area contributed by atoms with Gasteiger partial charge in [0.15, 0.2) is 0 Å². The standard InChI is InChI=1S/C23H30F2/c1-3-5-7-21-22(24)14-20(15-23(21)25)19-11-10-17-12-16(6-4-2)8-9-18(17)13-19/h3-4,6,14-19H,1,5,7-13H2,2H3. The molecular formula is C23H30F2. The lowest BCUT2D eigenvalue weighted by atomic mass is 9.64. The van der Waals surface area contributed by atoms with Crippen molar-refractivity contribution >= 4 is 0 Å². The van der Waals surface area contributed by atoms with Gasteiger partial charge in [-0.3, -0.25) is 0 Å². The fraction of sp³-hybridized carbons (Fsp3) is 0.565. The smallest absolute Gasteiger partial charge is 0.129 e. The molecule has 136 valence electrons. The van der Waals surface area contributed by atoms with Crippen molar-refractivity contribution in [2.24, 2.45) is 17.8 Å². The van der Waals surface area contributed by atoms with Gasteiger partial charge in [-0.25, -0.2) is 8.78 Å². The third-order valence-electron chi connectivity index (χ3n) is 6.35. The Morgan fingerprint density at radius 1 is 1.04 bits per heavy atom. The molecule has 0 heterocycles. The zero-order valence-electron chi connectivity index (χ0n) is 15.3. The van der Waals surface area contributed by atoms with Crippen LogP contribution in [0.5, 0.6) is 0 Å². The summed E-state index contributed by atoms with van der Waals surface area (Å²) in [5.41, 5.74) is 1.08. The fourth-order valence-corrected chi connectivity index (χ4v) is 5.02. The Bertz CT molecular complexity index is 608. The monoisotopic (exact) mass is 344 g/mol. The first kappa shape index (κ1) is 18.4. The molecule has 0 N–H and O–H groups in total.